The molecular weight excluding hydrogens is 316 g/mol. The topological polar surface area (TPSA) is 55.9 Å². The van der Waals surface area contributed by atoms with Crippen LogP contribution >= 0.6 is 0 Å². The van der Waals surface area contributed by atoms with Crippen molar-refractivity contribution in [2.75, 3.05) is 58.9 Å². The minimum absolute atomic E-state index is 0.151. The van der Waals surface area contributed by atoms with Crippen LogP contribution in [0.3, 0.4) is 0 Å². The molecule has 25 heavy (non-hydrogen) atoms. The molecule has 3 fully saturated rings. The second-order valence-corrected chi connectivity index (χ2v) is 8.39. The van der Waals surface area contributed by atoms with Gasteiger partial charge >= 0.3 is 0 Å². The highest BCUT2D eigenvalue weighted by Gasteiger charge is 2.30. The first-order chi connectivity index (χ1) is 12.0. The Hall–Kier alpha value is -1.14. The standard InChI is InChI=1S/C19H34N4O2/c1-15-10-16(2)13-23(12-15)18(24)14-21-6-8-22(9-7-21)19(25)17-4-3-5-20-11-17/h15-17,20H,3-14H2,1-2H3. The normalized spacial score (nSPS) is 31.8. The largest absolute Gasteiger partial charge is 0.341 e. The van der Waals surface area contributed by atoms with Crippen molar-refractivity contribution in [2.24, 2.45) is 17.8 Å². The average molecular weight is 351 g/mol. The summed E-state index contributed by atoms with van der Waals surface area (Å²) in [7, 11) is 0. The summed E-state index contributed by atoms with van der Waals surface area (Å²) >= 11 is 0. The molecule has 6 heteroatoms. The monoisotopic (exact) mass is 350 g/mol. The van der Waals surface area contributed by atoms with Crippen LogP contribution in [0.4, 0.5) is 0 Å². The van der Waals surface area contributed by atoms with E-state index in [9.17, 15) is 9.59 Å². The van der Waals surface area contributed by atoms with E-state index >= 15 is 0 Å². The highest BCUT2D eigenvalue weighted by atomic mass is 16.2. The highest BCUT2D eigenvalue weighted by molar-refractivity contribution is 5.80. The second-order valence-electron chi connectivity index (χ2n) is 8.39. The maximum absolute atomic E-state index is 12.6. The summed E-state index contributed by atoms with van der Waals surface area (Å²) in [6.45, 7) is 11.8. The summed E-state index contributed by atoms with van der Waals surface area (Å²) in [4.78, 5) is 31.5. The number of hydrogen-bond donors (Lipinski definition) is 1. The molecule has 0 spiro atoms. The minimum atomic E-state index is 0.151. The number of amides is 2. The van der Waals surface area contributed by atoms with Crippen molar-refractivity contribution in [3.63, 3.8) is 0 Å². The van der Waals surface area contributed by atoms with Gasteiger partial charge in [0.05, 0.1) is 12.5 Å². The van der Waals surface area contributed by atoms with Crippen LogP contribution in [0, 0.1) is 17.8 Å². The van der Waals surface area contributed by atoms with E-state index in [1.54, 1.807) is 0 Å². The van der Waals surface area contributed by atoms with E-state index in [0.29, 0.717) is 24.3 Å². The van der Waals surface area contributed by atoms with Gasteiger partial charge in [0.2, 0.25) is 11.8 Å². The smallest absolute Gasteiger partial charge is 0.236 e. The maximum atomic E-state index is 12.6. The third-order valence-electron chi connectivity index (χ3n) is 5.91. The Balaban J connectivity index is 1.42. The van der Waals surface area contributed by atoms with E-state index in [4.69, 9.17) is 0 Å². The summed E-state index contributed by atoms with van der Waals surface area (Å²) in [5.41, 5.74) is 0. The SMILES string of the molecule is CC1CC(C)CN(C(=O)CN2CCN(C(=O)C3CCCNC3)CC2)C1. The number of hydrogen-bond acceptors (Lipinski definition) is 4. The third-order valence-corrected chi connectivity index (χ3v) is 5.91. The zero-order chi connectivity index (χ0) is 17.8. The predicted molar refractivity (Wildman–Crippen MR) is 98.1 cm³/mol. The van der Waals surface area contributed by atoms with Crippen LogP contribution in [-0.4, -0.2) is 85.4 Å². The molecule has 0 radical (unpaired) electrons. The zero-order valence-corrected chi connectivity index (χ0v) is 15.9. The maximum Gasteiger partial charge on any atom is 0.236 e. The van der Waals surface area contributed by atoms with Crippen LogP contribution in [0.15, 0.2) is 0 Å². The molecule has 0 aromatic heterocycles. The Labute approximate surface area is 151 Å². The van der Waals surface area contributed by atoms with Gasteiger partial charge in [-0.25, -0.2) is 0 Å². The number of rotatable bonds is 3. The Morgan fingerprint density at radius 1 is 1.00 bits per heavy atom. The lowest BCUT2D eigenvalue weighted by Gasteiger charge is -2.39. The summed E-state index contributed by atoms with van der Waals surface area (Å²) in [5, 5.41) is 3.33. The first-order valence-corrected chi connectivity index (χ1v) is 10.0. The van der Waals surface area contributed by atoms with Gasteiger partial charge in [-0.1, -0.05) is 13.8 Å². The molecule has 3 heterocycles. The molecule has 1 N–H and O–H groups in total. The molecule has 0 aromatic rings. The number of piperazine rings is 1. The van der Waals surface area contributed by atoms with Crippen LogP contribution in [0.1, 0.15) is 33.1 Å². The zero-order valence-electron chi connectivity index (χ0n) is 15.9. The molecule has 2 amide bonds. The van der Waals surface area contributed by atoms with Gasteiger partial charge < -0.3 is 15.1 Å². The fourth-order valence-corrected chi connectivity index (χ4v) is 4.61. The van der Waals surface area contributed by atoms with E-state index in [-0.39, 0.29) is 11.8 Å². The van der Waals surface area contributed by atoms with Gasteiger partial charge in [-0.05, 0) is 37.6 Å². The Morgan fingerprint density at radius 2 is 1.68 bits per heavy atom. The Kier molecular flexibility index (Phi) is 6.34. The van der Waals surface area contributed by atoms with Crippen LogP contribution in [-0.2, 0) is 9.59 Å². The molecule has 3 aliphatic rings. The molecule has 6 nitrogen and oxygen atoms in total. The predicted octanol–water partition coefficient (Wildman–Crippen LogP) is 0.635. The van der Waals surface area contributed by atoms with Crippen molar-refractivity contribution < 1.29 is 9.59 Å². The Morgan fingerprint density at radius 3 is 2.28 bits per heavy atom. The fraction of sp³-hybridized carbons (Fsp3) is 0.895. The number of piperidine rings is 2. The van der Waals surface area contributed by atoms with Gasteiger partial charge in [0.25, 0.3) is 0 Å². The van der Waals surface area contributed by atoms with Crippen LogP contribution in [0.25, 0.3) is 0 Å². The first-order valence-electron chi connectivity index (χ1n) is 10.0. The highest BCUT2D eigenvalue weighted by Crippen LogP contribution is 2.21. The van der Waals surface area contributed by atoms with Crippen LogP contribution < -0.4 is 5.32 Å². The molecule has 0 aromatic carbocycles. The Bertz CT molecular complexity index is 460. The third kappa shape index (κ3) is 4.94. The summed E-state index contributed by atoms with van der Waals surface area (Å²) < 4.78 is 0. The number of nitrogens with one attached hydrogen (secondary N) is 1. The van der Waals surface area contributed by atoms with E-state index in [2.05, 4.69) is 24.1 Å². The van der Waals surface area contributed by atoms with Crippen molar-refractivity contribution in [2.45, 2.75) is 33.1 Å². The summed E-state index contributed by atoms with van der Waals surface area (Å²) in [6, 6.07) is 0. The summed E-state index contributed by atoms with van der Waals surface area (Å²) in [5.74, 6) is 1.92. The number of likely N-dealkylation sites (tertiary alicyclic amines) is 1. The van der Waals surface area contributed by atoms with Crippen LogP contribution in [0.2, 0.25) is 0 Å². The van der Waals surface area contributed by atoms with Gasteiger partial charge in [-0.15, -0.1) is 0 Å². The lowest BCUT2D eigenvalue weighted by atomic mass is 9.92. The van der Waals surface area contributed by atoms with Gasteiger partial charge in [0.15, 0.2) is 0 Å². The van der Waals surface area contributed by atoms with E-state index < -0.39 is 0 Å². The lowest BCUT2D eigenvalue weighted by molar-refractivity contribution is -0.139. The minimum Gasteiger partial charge on any atom is -0.341 e. The molecule has 0 saturated carbocycles. The molecule has 3 atom stereocenters. The van der Waals surface area contributed by atoms with Gasteiger partial charge in [0.1, 0.15) is 0 Å². The van der Waals surface area contributed by atoms with E-state index in [0.717, 1.165) is 65.2 Å². The van der Waals surface area contributed by atoms with Crippen molar-refractivity contribution in [3.8, 4) is 0 Å². The molecule has 3 aliphatic heterocycles. The van der Waals surface area contributed by atoms with Gasteiger partial charge in [-0.2, -0.15) is 0 Å². The molecule has 142 valence electrons. The fourth-order valence-electron chi connectivity index (χ4n) is 4.61. The quantitative estimate of drug-likeness (QED) is 0.811. The molecule has 0 aliphatic carbocycles. The number of nitrogens with zero attached hydrogens (tertiary/aromatic N) is 3. The molecule has 0 bridgehead atoms. The van der Waals surface area contributed by atoms with E-state index in [1.807, 2.05) is 9.80 Å². The number of carbonyl (C=O) groups is 2. The average Bonchev–Trinajstić information content (AvgIpc) is 2.61. The second kappa shape index (κ2) is 8.49. The molecular formula is C19H34N4O2. The first kappa shape index (κ1) is 18.6. The van der Waals surface area contributed by atoms with Crippen molar-refractivity contribution in [3.05, 3.63) is 0 Å². The molecule has 3 unspecified atom stereocenters. The molecule has 3 rings (SSSR count). The van der Waals surface area contributed by atoms with Crippen molar-refractivity contribution in [1.82, 2.24) is 20.0 Å². The van der Waals surface area contributed by atoms with Crippen molar-refractivity contribution >= 4 is 11.8 Å². The summed E-state index contributed by atoms with van der Waals surface area (Å²) in [6.07, 6.45) is 3.33. The lowest BCUT2D eigenvalue weighted by Crippen LogP contribution is -2.54. The van der Waals surface area contributed by atoms with Crippen LogP contribution in [0.5, 0.6) is 0 Å². The van der Waals surface area contributed by atoms with Gasteiger partial charge in [-0.3, -0.25) is 14.5 Å². The molecule has 3 saturated heterocycles. The van der Waals surface area contributed by atoms with Gasteiger partial charge in [0, 0.05) is 45.8 Å². The number of carbonyl (C=O) groups excluding carboxylic acids is 2. The van der Waals surface area contributed by atoms with Crippen molar-refractivity contribution in [1.29, 1.82) is 0 Å². The van der Waals surface area contributed by atoms with E-state index in [1.165, 1.54) is 6.42 Å².